The second kappa shape index (κ2) is 7.49. The summed E-state index contributed by atoms with van der Waals surface area (Å²) < 4.78 is 5.10. The third kappa shape index (κ3) is 5.87. The van der Waals surface area contributed by atoms with E-state index in [1.54, 1.807) is 51.1 Å². The zero-order valence-corrected chi connectivity index (χ0v) is 13.1. The maximum absolute atomic E-state index is 11.4. The number of nitrogen functional groups attached to an aromatic ring is 1. The Labute approximate surface area is 130 Å². The van der Waals surface area contributed by atoms with E-state index in [0.29, 0.717) is 18.5 Å². The number of nitrogens with one attached hydrogen (secondary N) is 1. The monoisotopic (exact) mass is 306 g/mol. The zero-order valence-electron chi connectivity index (χ0n) is 13.1. The summed E-state index contributed by atoms with van der Waals surface area (Å²) in [4.78, 5) is 22.6. The van der Waals surface area contributed by atoms with Crippen LogP contribution in [0.4, 0.5) is 10.5 Å². The highest BCUT2D eigenvalue weighted by Crippen LogP contribution is 2.18. The summed E-state index contributed by atoms with van der Waals surface area (Å²) in [7, 11) is 0. The molecule has 6 heteroatoms. The lowest BCUT2D eigenvalue weighted by atomic mass is 10.0. The fraction of sp³-hybridized carbons (Fsp3) is 0.375. The van der Waals surface area contributed by atoms with Gasteiger partial charge in [-0.1, -0.05) is 24.3 Å². The van der Waals surface area contributed by atoms with Crippen molar-refractivity contribution in [3.63, 3.8) is 0 Å². The Balaban J connectivity index is 2.53. The van der Waals surface area contributed by atoms with E-state index in [9.17, 15) is 9.59 Å². The Morgan fingerprint density at radius 1 is 1.36 bits per heavy atom. The van der Waals surface area contributed by atoms with E-state index in [1.807, 2.05) is 0 Å². The van der Waals surface area contributed by atoms with Gasteiger partial charge in [-0.2, -0.15) is 0 Å². The fourth-order valence-corrected chi connectivity index (χ4v) is 1.76. The third-order valence-electron chi connectivity index (χ3n) is 2.62. The smallest absolute Gasteiger partial charge is 0.407 e. The minimum atomic E-state index is -1.07. The van der Waals surface area contributed by atoms with Crippen LogP contribution < -0.4 is 11.1 Å². The van der Waals surface area contributed by atoms with Crippen molar-refractivity contribution in [3.8, 4) is 0 Å². The molecule has 0 spiro atoms. The minimum Gasteiger partial charge on any atom is -0.478 e. The molecule has 0 aliphatic heterocycles. The predicted molar refractivity (Wildman–Crippen MR) is 85.7 cm³/mol. The molecule has 0 bridgehead atoms. The number of alkyl carbamates (subject to hydrolysis) is 1. The molecule has 6 nitrogen and oxygen atoms in total. The van der Waals surface area contributed by atoms with Gasteiger partial charge in [-0.3, -0.25) is 0 Å². The van der Waals surface area contributed by atoms with Crippen molar-refractivity contribution in [1.82, 2.24) is 5.32 Å². The molecule has 0 aliphatic carbocycles. The van der Waals surface area contributed by atoms with Gasteiger partial charge in [-0.15, -0.1) is 0 Å². The summed E-state index contributed by atoms with van der Waals surface area (Å²) in [5.74, 6) is -1.07. The van der Waals surface area contributed by atoms with Crippen molar-refractivity contribution in [1.29, 1.82) is 0 Å². The second-order valence-electron chi connectivity index (χ2n) is 5.74. The van der Waals surface area contributed by atoms with Gasteiger partial charge < -0.3 is 20.9 Å². The number of amides is 1. The van der Waals surface area contributed by atoms with Crippen molar-refractivity contribution in [2.45, 2.75) is 32.8 Å². The van der Waals surface area contributed by atoms with Crippen molar-refractivity contribution < 1.29 is 19.4 Å². The lowest BCUT2D eigenvalue weighted by Crippen LogP contribution is -2.32. The Morgan fingerprint density at radius 2 is 2.05 bits per heavy atom. The molecule has 0 atom stereocenters. The normalized spacial score (nSPS) is 11.4. The van der Waals surface area contributed by atoms with Crippen molar-refractivity contribution in [2.75, 3.05) is 12.3 Å². The number of hydrogen-bond donors (Lipinski definition) is 3. The number of benzene rings is 1. The Hall–Kier alpha value is -2.50. The van der Waals surface area contributed by atoms with Crippen LogP contribution in [-0.4, -0.2) is 29.3 Å². The summed E-state index contributed by atoms with van der Waals surface area (Å²) in [6.45, 7) is 5.77. The summed E-state index contributed by atoms with van der Waals surface area (Å²) >= 11 is 0. The molecule has 0 unspecified atom stereocenters. The number of nitrogens with two attached hydrogens (primary N) is 1. The molecule has 22 heavy (non-hydrogen) atoms. The molecular weight excluding hydrogens is 284 g/mol. The Kier molecular flexibility index (Phi) is 5.98. The lowest BCUT2D eigenvalue weighted by molar-refractivity contribution is 0.0528. The van der Waals surface area contributed by atoms with E-state index in [-0.39, 0.29) is 11.3 Å². The molecule has 4 N–H and O–H groups in total. The van der Waals surface area contributed by atoms with Crippen LogP contribution >= 0.6 is 0 Å². The van der Waals surface area contributed by atoms with Crippen LogP contribution in [0.25, 0.3) is 6.08 Å². The number of anilines is 1. The standard InChI is InChI=1S/C16H22N2O4/c1-16(2,3)22-15(21)18-10-5-4-7-11-8-6-9-12(17)13(11)14(19)20/h4,6-9H,5,10,17H2,1-3H3,(H,18,21)(H,19,20). The molecule has 1 aromatic carbocycles. The van der Waals surface area contributed by atoms with Gasteiger partial charge in [-0.05, 0) is 38.8 Å². The average molecular weight is 306 g/mol. The van der Waals surface area contributed by atoms with E-state index in [2.05, 4.69) is 5.32 Å². The van der Waals surface area contributed by atoms with E-state index >= 15 is 0 Å². The first-order valence-electron chi connectivity index (χ1n) is 6.96. The molecule has 1 amide bonds. The summed E-state index contributed by atoms with van der Waals surface area (Å²) in [5.41, 5.74) is 5.97. The maximum atomic E-state index is 11.4. The molecule has 0 aliphatic rings. The quantitative estimate of drug-likeness (QED) is 0.573. The van der Waals surface area contributed by atoms with E-state index in [1.165, 1.54) is 0 Å². The largest absolute Gasteiger partial charge is 0.478 e. The van der Waals surface area contributed by atoms with Crippen LogP contribution in [0.15, 0.2) is 24.3 Å². The first-order valence-corrected chi connectivity index (χ1v) is 6.96. The van der Waals surface area contributed by atoms with Crippen molar-refractivity contribution in [3.05, 3.63) is 35.4 Å². The van der Waals surface area contributed by atoms with Crippen LogP contribution in [0.5, 0.6) is 0 Å². The number of carbonyl (C=O) groups excluding carboxylic acids is 1. The van der Waals surface area contributed by atoms with Gasteiger partial charge in [-0.25, -0.2) is 9.59 Å². The Bertz CT molecular complexity index is 574. The van der Waals surface area contributed by atoms with Gasteiger partial charge in [0, 0.05) is 12.2 Å². The number of aromatic carboxylic acids is 1. The molecular formula is C16H22N2O4. The first-order chi connectivity index (χ1) is 10.2. The number of carboxylic acid groups (broad SMARTS) is 1. The topological polar surface area (TPSA) is 102 Å². The van der Waals surface area contributed by atoms with Crippen LogP contribution in [0.3, 0.4) is 0 Å². The second-order valence-corrected chi connectivity index (χ2v) is 5.74. The van der Waals surface area contributed by atoms with Gasteiger partial charge in [0.1, 0.15) is 5.60 Å². The van der Waals surface area contributed by atoms with Gasteiger partial charge in [0.05, 0.1) is 5.56 Å². The SMILES string of the molecule is CC(C)(C)OC(=O)NCCC=Cc1cccc(N)c1C(=O)O. The highest BCUT2D eigenvalue weighted by Gasteiger charge is 2.15. The Morgan fingerprint density at radius 3 is 2.64 bits per heavy atom. The number of hydrogen-bond acceptors (Lipinski definition) is 4. The molecule has 0 aromatic heterocycles. The van der Waals surface area contributed by atoms with Gasteiger partial charge in [0.2, 0.25) is 0 Å². The lowest BCUT2D eigenvalue weighted by Gasteiger charge is -2.19. The van der Waals surface area contributed by atoms with E-state index in [0.717, 1.165) is 0 Å². The fourth-order valence-electron chi connectivity index (χ4n) is 1.76. The summed E-state index contributed by atoms with van der Waals surface area (Å²) in [6, 6.07) is 4.92. The number of carbonyl (C=O) groups is 2. The molecule has 0 saturated carbocycles. The minimum absolute atomic E-state index is 0.0823. The average Bonchev–Trinajstić information content (AvgIpc) is 2.35. The van der Waals surface area contributed by atoms with Crippen LogP contribution in [0, 0.1) is 0 Å². The molecule has 0 saturated heterocycles. The first kappa shape index (κ1) is 17.6. The maximum Gasteiger partial charge on any atom is 0.407 e. The number of carboxylic acids is 1. The molecule has 120 valence electrons. The van der Waals surface area contributed by atoms with Crippen molar-refractivity contribution >= 4 is 23.8 Å². The van der Waals surface area contributed by atoms with Crippen LogP contribution in [0.2, 0.25) is 0 Å². The van der Waals surface area contributed by atoms with E-state index < -0.39 is 17.7 Å². The highest BCUT2D eigenvalue weighted by molar-refractivity contribution is 5.97. The predicted octanol–water partition coefficient (Wildman–Crippen LogP) is 2.90. The molecule has 0 fully saturated rings. The number of ether oxygens (including phenoxy) is 1. The third-order valence-corrected chi connectivity index (χ3v) is 2.62. The number of rotatable bonds is 5. The van der Waals surface area contributed by atoms with Gasteiger partial charge >= 0.3 is 12.1 Å². The summed E-state index contributed by atoms with van der Waals surface area (Å²) in [6.07, 6.45) is 3.53. The van der Waals surface area contributed by atoms with E-state index in [4.69, 9.17) is 15.6 Å². The molecule has 1 aromatic rings. The highest BCUT2D eigenvalue weighted by atomic mass is 16.6. The van der Waals surface area contributed by atoms with Crippen LogP contribution in [0.1, 0.15) is 43.1 Å². The van der Waals surface area contributed by atoms with Gasteiger partial charge in [0.25, 0.3) is 0 Å². The van der Waals surface area contributed by atoms with Crippen LogP contribution in [-0.2, 0) is 4.74 Å². The van der Waals surface area contributed by atoms with Gasteiger partial charge in [0.15, 0.2) is 0 Å². The zero-order chi connectivity index (χ0) is 16.8. The summed E-state index contributed by atoms with van der Waals surface area (Å²) in [5, 5.41) is 11.8. The molecule has 1 rings (SSSR count). The molecule has 0 heterocycles. The van der Waals surface area contributed by atoms with Crippen molar-refractivity contribution in [2.24, 2.45) is 0 Å². The molecule has 0 radical (unpaired) electrons.